The van der Waals surface area contributed by atoms with Crippen molar-refractivity contribution in [1.82, 2.24) is 31.5 Å². The first-order valence-electron chi connectivity index (χ1n) is 15.2. The first kappa shape index (κ1) is 32.2. The predicted molar refractivity (Wildman–Crippen MR) is 166 cm³/mol. The van der Waals surface area contributed by atoms with E-state index in [9.17, 15) is 24.6 Å². The topological polar surface area (TPSA) is 155 Å². The number of carbonyl (C=O) groups is 3. The van der Waals surface area contributed by atoms with Gasteiger partial charge in [0.2, 0.25) is 17.7 Å². The molecule has 4 atom stereocenters. The third kappa shape index (κ3) is 8.68. The highest BCUT2D eigenvalue weighted by Gasteiger charge is 2.30. The summed E-state index contributed by atoms with van der Waals surface area (Å²) in [6.45, 7) is 3.07. The van der Waals surface area contributed by atoms with Crippen LogP contribution in [0.1, 0.15) is 36.8 Å². The van der Waals surface area contributed by atoms with Crippen LogP contribution in [0.4, 0.5) is 0 Å². The minimum absolute atomic E-state index is 0.0159. The number of likely N-dealkylation sites (N-methyl/N-ethyl adjacent to an activating group) is 1. The molecule has 1 saturated heterocycles. The molecule has 0 aromatic heterocycles. The molecule has 2 aromatic carbocycles. The van der Waals surface area contributed by atoms with Crippen molar-refractivity contribution >= 4 is 17.7 Å². The van der Waals surface area contributed by atoms with Crippen LogP contribution in [-0.2, 0) is 27.2 Å². The molecule has 0 spiro atoms. The SMILES string of the molecule is CNCCC[C@@H]1NC(=O)[C@@H](NC)Cc2cc(ccc2O)-c2ccc(O)c(c2)C[C@@H](C(=O)NCC2CCCN(C)C2)NC1=O. The maximum atomic E-state index is 13.7. The number of phenols is 2. The molecule has 4 bridgehead atoms. The monoisotopic (exact) mass is 594 g/mol. The Labute approximate surface area is 253 Å². The molecule has 7 N–H and O–H groups in total. The number of benzene rings is 2. The molecule has 2 aliphatic rings. The van der Waals surface area contributed by atoms with Gasteiger partial charge in [-0.3, -0.25) is 14.4 Å². The van der Waals surface area contributed by atoms with Gasteiger partial charge in [0.25, 0.3) is 0 Å². The number of hydrogen-bond donors (Lipinski definition) is 7. The maximum absolute atomic E-state index is 13.7. The van der Waals surface area contributed by atoms with E-state index in [0.29, 0.717) is 43.0 Å². The summed E-state index contributed by atoms with van der Waals surface area (Å²) in [4.78, 5) is 43.0. The van der Waals surface area contributed by atoms with Crippen LogP contribution in [0, 0.1) is 5.92 Å². The zero-order valence-corrected chi connectivity index (χ0v) is 25.4. The quantitative estimate of drug-likeness (QED) is 0.222. The first-order valence-corrected chi connectivity index (χ1v) is 15.2. The number of likely N-dealkylation sites (tertiary alicyclic amines) is 1. The van der Waals surface area contributed by atoms with Crippen molar-refractivity contribution in [1.29, 1.82) is 0 Å². The third-order valence-electron chi connectivity index (χ3n) is 8.48. The molecule has 0 aliphatic carbocycles. The average molecular weight is 595 g/mol. The normalized spacial score (nSPS) is 23.4. The van der Waals surface area contributed by atoms with E-state index in [-0.39, 0.29) is 36.2 Å². The molecule has 2 aliphatic heterocycles. The fourth-order valence-electron chi connectivity index (χ4n) is 5.94. The molecule has 234 valence electrons. The highest BCUT2D eigenvalue weighted by Crippen LogP contribution is 2.31. The Hall–Kier alpha value is -3.67. The standard InChI is InChI=1S/C32H46N6O5/c1-33-12-4-7-25-31(42)37-27(30(41)35-18-20-6-5-13-38(3)19-20)17-24-15-22(9-11-29(24)40)21-8-10-28(39)23(14-21)16-26(34-2)32(43)36-25/h8-11,14-15,20,25-27,33-34,39-40H,4-7,12-13,16-19H2,1-3H3,(H,35,41)(H,36,43)(H,37,42)/t20?,25-,26-,27-/m0/s1. The Bertz CT molecular complexity index is 1290. The Kier molecular flexibility index (Phi) is 11.4. The number of hydrogen-bond acceptors (Lipinski definition) is 8. The lowest BCUT2D eigenvalue weighted by molar-refractivity contribution is -0.132. The van der Waals surface area contributed by atoms with Gasteiger partial charge in [0.05, 0.1) is 6.04 Å². The van der Waals surface area contributed by atoms with Crippen LogP contribution >= 0.6 is 0 Å². The zero-order chi connectivity index (χ0) is 30.9. The van der Waals surface area contributed by atoms with Gasteiger partial charge in [0, 0.05) is 25.9 Å². The van der Waals surface area contributed by atoms with E-state index < -0.39 is 24.0 Å². The van der Waals surface area contributed by atoms with Crippen molar-refractivity contribution in [3.63, 3.8) is 0 Å². The maximum Gasteiger partial charge on any atom is 0.243 e. The minimum atomic E-state index is -0.973. The molecule has 11 heteroatoms. The number of nitrogens with one attached hydrogen (secondary N) is 5. The number of rotatable bonds is 8. The van der Waals surface area contributed by atoms with Gasteiger partial charge < -0.3 is 41.7 Å². The van der Waals surface area contributed by atoms with E-state index in [1.807, 2.05) is 13.1 Å². The third-order valence-corrected chi connectivity index (χ3v) is 8.48. The van der Waals surface area contributed by atoms with Crippen LogP contribution in [0.3, 0.4) is 0 Å². The molecular weight excluding hydrogens is 548 g/mol. The lowest BCUT2D eigenvalue weighted by atomic mass is 9.95. The summed E-state index contributed by atoms with van der Waals surface area (Å²) in [5, 5.41) is 36.3. The second kappa shape index (κ2) is 15.2. The van der Waals surface area contributed by atoms with Crippen molar-refractivity contribution in [2.45, 2.75) is 56.7 Å². The van der Waals surface area contributed by atoms with E-state index in [0.717, 1.165) is 37.1 Å². The summed E-state index contributed by atoms with van der Waals surface area (Å²) in [5.74, 6) is -0.797. The molecule has 4 rings (SSSR count). The highest BCUT2D eigenvalue weighted by atomic mass is 16.3. The van der Waals surface area contributed by atoms with Crippen molar-refractivity contribution in [3.8, 4) is 22.6 Å². The molecule has 0 radical (unpaired) electrons. The van der Waals surface area contributed by atoms with Gasteiger partial charge in [-0.25, -0.2) is 0 Å². The molecule has 11 nitrogen and oxygen atoms in total. The van der Waals surface area contributed by atoms with Gasteiger partial charge in [0.1, 0.15) is 23.6 Å². The Balaban J connectivity index is 1.69. The van der Waals surface area contributed by atoms with Crippen molar-refractivity contribution < 1.29 is 24.6 Å². The number of aromatic hydroxyl groups is 2. The summed E-state index contributed by atoms with van der Waals surface area (Å²) >= 11 is 0. The summed E-state index contributed by atoms with van der Waals surface area (Å²) in [5.41, 5.74) is 2.63. The summed E-state index contributed by atoms with van der Waals surface area (Å²) in [6.07, 6.45) is 3.32. The van der Waals surface area contributed by atoms with Crippen molar-refractivity contribution in [2.24, 2.45) is 5.92 Å². The van der Waals surface area contributed by atoms with Gasteiger partial charge in [0.15, 0.2) is 0 Å². The molecule has 0 saturated carbocycles. The van der Waals surface area contributed by atoms with E-state index in [2.05, 4.69) is 38.5 Å². The van der Waals surface area contributed by atoms with E-state index in [1.165, 1.54) is 0 Å². The molecule has 3 amide bonds. The number of carbonyl (C=O) groups excluding carboxylic acids is 3. The fraction of sp³-hybridized carbons (Fsp3) is 0.531. The number of amides is 3. The van der Waals surface area contributed by atoms with Crippen LogP contribution in [0.5, 0.6) is 11.5 Å². The fourth-order valence-corrected chi connectivity index (χ4v) is 5.94. The average Bonchev–Trinajstić information content (AvgIpc) is 2.99. The van der Waals surface area contributed by atoms with E-state index in [1.54, 1.807) is 37.4 Å². The molecular formula is C32H46N6O5. The largest absolute Gasteiger partial charge is 0.508 e. The molecule has 2 aromatic rings. The second-order valence-electron chi connectivity index (χ2n) is 11.8. The van der Waals surface area contributed by atoms with Gasteiger partial charge in [-0.2, -0.15) is 0 Å². The first-order chi connectivity index (χ1) is 20.7. The second-order valence-corrected chi connectivity index (χ2v) is 11.8. The van der Waals surface area contributed by atoms with Gasteiger partial charge in [-0.1, -0.05) is 12.1 Å². The number of phenolic OH excluding ortho intramolecular Hbond substituents is 2. The molecule has 1 fully saturated rings. The van der Waals surface area contributed by atoms with Gasteiger partial charge in [-0.15, -0.1) is 0 Å². The van der Waals surface area contributed by atoms with Crippen LogP contribution in [0.15, 0.2) is 36.4 Å². The summed E-state index contributed by atoms with van der Waals surface area (Å²) in [6, 6.07) is 7.75. The van der Waals surface area contributed by atoms with E-state index >= 15 is 0 Å². The minimum Gasteiger partial charge on any atom is -0.508 e. The molecule has 1 unspecified atom stereocenters. The summed E-state index contributed by atoms with van der Waals surface area (Å²) < 4.78 is 0. The van der Waals surface area contributed by atoms with Crippen LogP contribution in [-0.4, -0.2) is 98.3 Å². The highest BCUT2D eigenvalue weighted by molar-refractivity contribution is 5.93. The van der Waals surface area contributed by atoms with Crippen molar-refractivity contribution in [2.75, 3.05) is 47.3 Å². The predicted octanol–water partition coefficient (Wildman–Crippen LogP) is 0.879. The lowest BCUT2D eigenvalue weighted by Crippen LogP contribution is -2.57. The Morgan fingerprint density at radius 2 is 1.65 bits per heavy atom. The van der Waals surface area contributed by atoms with Gasteiger partial charge in [-0.05, 0) is 112 Å². The lowest BCUT2D eigenvalue weighted by Gasteiger charge is -2.30. The van der Waals surface area contributed by atoms with Crippen LogP contribution in [0.25, 0.3) is 11.1 Å². The number of piperidine rings is 1. The summed E-state index contributed by atoms with van der Waals surface area (Å²) in [7, 11) is 5.55. The smallest absolute Gasteiger partial charge is 0.243 e. The Morgan fingerprint density at radius 3 is 2.28 bits per heavy atom. The van der Waals surface area contributed by atoms with Gasteiger partial charge >= 0.3 is 0 Å². The number of nitrogens with zero attached hydrogens (tertiary/aromatic N) is 1. The molecule has 2 heterocycles. The van der Waals surface area contributed by atoms with Crippen LogP contribution in [0.2, 0.25) is 0 Å². The van der Waals surface area contributed by atoms with E-state index in [4.69, 9.17) is 0 Å². The van der Waals surface area contributed by atoms with Crippen molar-refractivity contribution in [3.05, 3.63) is 47.5 Å². The number of fused-ring (bicyclic) bond motifs is 5. The molecule has 43 heavy (non-hydrogen) atoms. The van der Waals surface area contributed by atoms with Crippen LogP contribution < -0.4 is 26.6 Å². The zero-order valence-electron chi connectivity index (χ0n) is 25.4. The Morgan fingerprint density at radius 1 is 0.977 bits per heavy atom.